The molecule has 1 fully saturated rings. The third-order valence-corrected chi connectivity index (χ3v) is 5.57. The van der Waals surface area contributed by atoms with Crippen LogP contribution in [0.2, 0.25) is 0 Å². The van der Waals surface area contributed by atoms with Gasteiger partial charge in [-0.05, 0) is 12.8 Å². The van der Waals surface area contributed by atoms with Crippen molar-refractivity contribution in [3.05, 3.63) is 29.3 Å². The molecule has 4 nitrogen and oxygen atoms in total. The third-order valence-electron chi connectivity index (χ3n) is 4.45. The lowest BCUT2D eigenvalue weighted by molar-refractivity contribution is 0.477. The zero-order valence-electron chi connectivity index (χ0n) is 13.3. The zero-order chi connectivity index (χ0) is 15.8. The van der Waals surface area contributed by atoms with Gasteiger partial charge in [-0.25, -0.2) is 4.98 Å². The van der Waals surface area contributed by atoms with Crippen LogP contribution in [0.5, 0.6) is 5.75 Å². The highest BCUT2D eigenvalue weighted by molar-refractivity contribution is 7.19. The second-order valence-electron chi connectivity index (χ2n) is 6.02. The molecule has 1 saturated heterocycles. The molecule has 2 N–H and O–H groups in total. The summed E-state index contributed by atoms with van der Waals surface area (Å²) >= 11 is 1.74. The lowest BCUT2D eigenvalue weighted by Gasteiger charge is -2.30. The van der Waals surface area contributed by atoms with Gasteiger partial charge >= 0.3 is 0 Å². The molecule has 0 saturated carbocycles. The highest BCUT2D eigenvalue weighted by atomic mass is 32.1. The number of hydrogen-bond acceptors (Lipinski definition) is 5. The fourth-order valence-corrected chi connectivity index (χ4v) is 4.59. The number of anilines is 1. The lowest BCUT2D eigenvalue weighted by atomic mass is 10.1. The molecule has 0 amide bonds. The highest BCUT2D eigenvalue weighted by Crippen LogP contribution is 2.45. The Bertz CT molecular complexity index is 852. The Morgan fingerprint density at radius 2 is 1.96 bits per heavy atom. The largest absolute Gasteiger partial charge is 0.505 e. The lowest BCUT2D eigenvalue weighted by Crippen LogP contribution is -2.43. The van der Waals surface area contributed by atoms with E-state index in [0.29, 0.717) is 5.75 Å². The molecule has 1 aliphatic heterocycles. The van der Waals surface area contributed by atoms with Crippen LogP contribution in [0.25, 0.3) is 21.0 Å². The second kappa shape index (κ2) is 5.98. The molecule has 1 aromatic heterocycles. The van der Waals surface area contributed by atoms with Gasteiger partial charge in [0.15, 0.2) is 0 Å². The number of hydrogen-bond donors (Lipinski definition) is 2. The summed E-state index contributed by atoms with van der Waals surface area (Å²) in [5.74, 6) is 0.404. The quantitative estimate of drug-likeness (QED) is 0.773. The summed E-state index contributed by atoms with van der Waals surface area (Å²) in [4.78, 5) is 7.19. The van der Waals surface area contributed by atoms with E-state index in [1.54, 1.807) is 11.3 Å². The van der Waals surface area contributed by atoms with E-state index in [1.807, 2.05) is 18.2 Å². The Labute approximate surface area is 139 Å². The van der Waals surface area contributed by atoms with Gasteiger partial charge in [0.2, 0.25) is 0 Å². The molecule has 3 aromatic rings. The van der Waals surface area contributed by atoms with E-state index in [2.05, 4.69) is 23.2 Å². The maximum atomic E-state index is 11.0. The minimum absolute atomic E-state index is 0.404. The van der Waals surface area contributed by atoms with E-state index in [4.69, 9.17) is 4.98 Å². The summed E-state index contributed by atoms with van der Waals surface area (Å²) in [6.07, 6.45) is 2.09. The van der Waals surface area contributed by atoms with Crippen LogP contribution in [0.3, 0.4) is 0 Å². The number of nitrogens with one attached hydrogen (secondary N) is 1. The summed E-state index contributed by atoms with van der Waals surface area (Å²) in [6.45, 7) is 5.92. The van der Waals surface area contributed by atoms with Crippen LogP contribution in [0.4, 0.5) is 5.69 Å². The van der Waals surface area contributed by atoms with E-state index >= 15 is 0 Å². The number of rotatable bonds is 3. The maximum Gasteiger partial charge on any atom is 0.148 e. The first-order valence-corrected chi connectivity index (χ1v) is 9.10. The molecule has 1 aliphatic rings. The number of phenolic OH excluding ortho intramolecular Hbond substituents is 1. The van der Waals surface area contributed by atoms with E-state index in [1.165, 1.54) is 0 Å². The molecule has 0 aliphatic carbocycles. The van der Waals surface area contributed by atoms with Gasteiger partial charge in [-0.3, -0.25) is 0 Å². The van der Waals surface area contributed by atoms with Crippen LogP contribution in [-0.4, -0.2) is 36.3 Å². The first kappa shape index (κ1) is 14.7. The third kappa shape index (κ3) is 2.44. The molecule has 2 aromatic carbocycles. The summed E-state index contributed by atoms with van der Waals surface area (Å²) in [7, 11) is 0. The van der Waals surface area contributed by atoms with Crippen molar-refractivity contribution in [3.63, 3.8) is 0 Å². The molecular weight excluding hydrogens is 306 g/mol. The molecule has 0 unspecified atom stereocenters. The number of piperazine rings is 1. The van der Waals surface area contributed by atoms with Crippen LogP contribution >= 0.6 is 11.3 Å². The molecule has 0 radical (unpaired) electrons. The number of aromatic nitrogens is 1. The smallest absolute Gasteiger partial charge is 0.148 e. The predicted molar refractivity (Wildman–Crippen MR) is 97.9 cm³/mol. The van der Waals surface area contributed by atoms with E-state index in [0.717, 1.165) is 70.7 Å². The summed E-state index contributed by atoms with van der Waals surface area (Å²) < 4.78 is 1.13. The molecule has 2 heterocycles. The van der Waals surface area contributed by atoms with Gasteiger partial charge in [-0.2, -0.15) is 0 Å². The van der Waals surface area contributed by atoms with Crippen molar-refractivity contribution >= 4 is 38.0 Å². The fourth-order valence-electron chi connectivity index (χ4n) is 3.34. The average molecular weight is 327 g/mol. The minimum atomic E-state index is 0.404. The summed E-state index contributed by atoms with van der Waals surface area (Å²) in [5, 5.41) is 17.5. The number of aryl methyl sites for hydroxylation is 1. The normalized spacial score (nSPS) is 15.6. The van der Waals surface area contributed by atoms with Crippen LogP contribution in [0.15, 0.2) is 24.3 Å². The van der Waals surface area contributed by atoms with Crippen molar-refractivity contribution in [1.29, 1.82) is 0 Å². The van der Waals surface area contributed by atoms with Gasteiger partial charge in [0, 0.05) is 37.0 Å². The van der Waals surface area contributed by atoms with Gasteiger partial charge in [0.25, 0.3) is 0 Å². The van der Waals surface area contributed by atoms with Crippen LogP contribution in [-0.2, 0) is 6.42 Å². The first-order chi connectivity index (χ1) is 11.3. The summed E-state index contributed by atoms with van der Waals surface area (Å²) in [6, 6.07) is 8.06. The molecule has 120 valence electrons. The molecule has 5 heteroatoms. The van der Waals surface area contributed by atoms with E-state index < -0.39 is 0 Å². The van der Waals surface area contributed by atoms with Crippen molar-refractivity contribution in [2.45, 2.75) is 19.8 Å². The van der Waals surface area contributed by atoms with Gasteiger partial charge in [0.1, 0.15) is 5.75 Å². The van der Waals surface area contributed by atoms with Gasteiger partial charge < -0.3 is 15.3 Å². The molecular formula is C18H21N3OS. The van der Waals surface area contributed by atoms with Crippen molar-refractivity contribution < 1.29 is 5.11 Å². The van der Waals surface area contributed by atoms with Crippen LogP contribution in [0.1, 0.15) is 18.4 Å². The Morgan fingerprint density at radius 1 is 1.22 bits per heavy atom. The van der Waals surface area contributed by atoms with Crippen LogP contribution in [0, 0.1) is 0 Å². The molecule has 0 spiro atoms. The average Bonchev–Trinajstić information content (AvgIpc) is 3.00. The van der Waals surface area contributed by atoms with Crippen LogP contribution < -0.4 is 10.2 Å². The SMILES string of the molecule is CCCc1nc2c(s1)c(N1CCNCC1)c(O)c1ccccc12. The number of thiazole rings is 1. The summed E-state index contributed by atoms with van der Waals surface area (Å²) in [5.41, 5.74) is 2.01. The van der Waals surface area contributed by atoms with Crippen molar-refractivity contribution in [1.82, 2.24) is 10.3 Å². The van der Waals surface area contributed by atoms with Gasteiger partial charge in [-0.1, -0.05) is 31.2 Å². The number of phenols is 1. The first-order valence-electron chi connectivity index (χ1n) is 8.28. The van der Waals surface area contributed by atoms with E-state index in [9.17, 15) is 5.11 Å². The Balaban J connectivity index is 2.02. The fraction of sp³-hybridized carbons (Fsp3) is 0.389. The number of aromatic hydroxyl groups is 1. The Morgan fingerprint density at radius 3 is 2.70 bits per heavy atom. The van der Waals surface area contributed by atoms with Crippen molar-refractivity contribution in [2.75, 3.05) is 31.1 Å². The monoisotopic (exact) mass is 327 g/mol. The molecule has 0 bridgehead atoms. The minimum Gasteiger partial charge on any atom is -0.505 e. The highest BCUT2D eigenvalue weighted by Gasteiger charge is 2.23. The zero-order valence-corrected chi connectivity index (χ0v) is 14.1. The Hall–Kier alpha value is -1.85. The van der Waals surface area contributed by atoms with E-state index in [-0.39, 0.29) is 0 Å². The predicted octanol–water partition coefficient (Wildman–Crippen LogP) is 3.52. The molecule has 23 heavy (non-hydrogen) atoms. The topological polar surface area (TPSA) is 48.4 Å². The Kier molecular flexibility index (Phi) is 3.83. The number of nitrogens with zero attached hydrogens (tertiary/aromatic N) is 2. The van der Waals surface area contributed by atoms with Crippen molar-refractivity contribution in [3.8, 4) is 5.75 Å². The van der Waals surface area contributed by atoms with Gasteiger partial charge in [0.05, 0.1) is 20.9 Å². The van der Waals surface area contributed by atoms with Gasteiger partial charge in [-0.15, -0.1) is 11.3 Å². The molecule has 0 atom stereocenters. The number of fused-ring (bicyclic) bond motifs is 3. The van der Waals surface area contributed by atoms with Crippen molar-refractivity contribution in [2.24, 2.45) is 0 Å². The standard InChI is InChI=1S/C18H21N3OS/c1-2-5-14-20-15-12-6-3-4-7-13(12)17(22)16(18(15)23-14)21-10-8-19-9-11-21/h3-4,6-7,19,22H,2,5,8-11H2,1H3. The molecule has 4 rings (SSSR count). The second-order valence-corrected chi connectivity index (χ2v) is 7.10. The maximum absolute atomic E-state index is 11.0. The number of benzene rings is 2.